The number of hydroxylamine groups is 2. The molecule has 0 amide bonds. The Morgan fingerprint density at radius 2 is 1.41 bits per heavy atom. The number of rotatable bonds is 18. The molecule has 1 rings (SSSR count). The Hall–Kier alpha value is -0.0900. The quantitative estimate of drug-likeness (QED) is 0.126. The van der Waals surface area contributed by atoms with Gasteiger partial charge >= 0.3 is 7.82 Å². The molecule has 9 nitrogen and oxygen atoms in total. The Labute approximate surface area is 228 Å². The molecule has 0 bridgehead atoms. The van der Waals surface area contributed by atoms with Crippen molar-refractivity contribution in [3.05, 3.63) is 0 Å². The van der Waals surface area contributed by atoms with Gasteiger partial charge in [-0.15, -0.1) is 10.3 Å². The number of phosphoric ester groups is 1. The van der Waals surface area contributed by atoms with Gasteiger partial charge in [-0.05, 0) is 59.8 Å². The lowest BCUT2D eigenvalue weighted by Gasteiger charge is -2.46. The number of hydrogen-bond acceptors (Lipinski definition) is 6. The number of quaternary nitrogens is 1. The average Bonchev–Trinajstić information content (AvgIpc) is 2.77. The van der Waals surface area contributed by atoms with Crippen molar-refractivity contribution >= 4 is 7.82 Å². The number of piperidine rings is 1. The van der Waals surface area contributed by atoms with E-state index < -0.39 is 7.82 Å². The maximum atomic E-state index is 12.0. The Morgan fingerprint density at radius 3 is 1.89 bits per heavy atom. The topological polar surface area (TPSA) is 97.4 Å². The van der Waals surface area contributed by atoms with Crippen LogP contribution in [0.1, 0.15) is 99.3 Å². The van der Waals surface area contributed by atoms with Gasteiger partial charge in [0.2, 0.25) is 0 Å². The molecular weight excluding hydrogens is 495 g/mol. The fraction of sp³-hybridized carbons (Fsp3) is 1.00. The molecule has 0 aromatic carbocycles. The molecule has 1 N–H and O–H groups in total. The van der Waals surface area contributed by atoms with Crippen LogP contribution >= 0.6 is 7.82 Å². The summed E-state index contributed by atoms with van der Waals surface area (Å²) >= 11 is 0. The second kappa shape index (κ2) is 18.3. The molecule has 0 aromatic rings. The lowest BCUT2D eigenvalue weighted by atomic mass is 9.82. The first-order valence-corrected chi connectivity index (χ1v) is 15.6. The van der Waals surface area contributed by atoms with Gasteiger partial charge in [-0.2, -0.15) is 0 Å². The Kier molecular flexibility index (Phi) is 18.2. The van der Waals surface area contributed by atoms with Crippen LogP contribution in [0.2, 0.25) is 0 Å². The van der Waals surface area contributed by atoms with Crippen molar-refractivity contribution in [3.63, 3.8) is 0 Å². The molecule has 1 aliphatic heterocycles. The van der Waals surface area contributed by atoms with E-state index in [1.807, 2.05) is 48.8 Å². The average molecular weight is 555 g/mol. The van der Waals surface area contributed by atoms with Gasteiger partial charge in [-0.3, -0.25) is 9.05 Å². The van der Waals surface area contributed by atoms with Crippen LogP contribution in [0.15, 0.2) is 0 Å². The standard InChI is InChI=1S/C18H40NO6P.C9H18NO/c1-6-8-10-13-22-16-18(23-14-11-9-7-2)17-25-26(20,21)24-15-12-19(3,4)5;1-8(2)6-5-7-9(3,4)10(8)11/h18H,6-17H2,1-5H3;5-7H2,1-4H3/p+1/t18-;/m1./s1. The maximum Gasteiger partial charge on any atom is 0.472 e. The summed E-state index contributed by atoms with van der Waals surface area (Å²) in [5.41, 5.74) is -0.302. The van der Waals surface area contributed by atoms with Gasteiger partial charge in [0.15, 0.2) is 0 Å². The highest BCUT2D eigenvalue weighted by atomic mass is 31.2. The van der Waals surface area contributed by atoms with Gasteiger partial charge in [-0.25, -0.2) is 4.57 Å². The third kappa shape index (κ3) is 18.8. The Morgan fingerprint density at radius 1 is 0.865 bits per heavy atom. The molecule has 1 saturated heterocycles. The number of phosphoric acid groups is 1. The molecule has 1 aliphatic rings. The third-order valence-corrected chi connectivity index (χ3v) is 7.40. The minimum absolute atomic E-state index is 0.0158. The second-order valence-electron chi connectivity index (χ2n) is 12.4. The van der Waals surface area contributed by atoms with E-state index in [1.54, 1.807) is 0 Å². The molecule has 1 fully saturated rings. The molecular formula is C27H59N2O7P+. The van der Waals surface area contributed by atoms with Crippen LogP contribution in [0.4, 0.5) is 0 Å². The second-order valence-corrected chi connectivity index (χ2v) is 13.8. The SMILES string of the molecule is CC1(C)CCCC(C)(C)N1[O].CCCCCOC[C@H](COP(=O)(O)OCC[N+](C)(C)C)OCCCCC. The fourth-order valence-corrected chi connectivity index (χ4v) is 4.78. The molecule has 0 spiro atoms. The van der Waals surface area contributed by atoms with E-state index in [2.05, 4.69) is 13.8 Å². The summed E-state index contributed by atoms with van der Waals surface area (Å²) in [6.45, 7) is 14.8. The minimum Gasteiger partial charge on any atom is -0.379 e. The summed E-state index contributed by atoms with van der Waals surface area (Å²) < 4.78 is 34.2. The smallest absolute Gasteiger partial charge is 0.379 e. The number of likely N-dealkylation sites (N-methyl/N-ethyl adjacent to an activating group) is 1. The van der Waals surface area contributed by atoms with Crippen molar-refractivity contribution in [2.24, 2.45) is 0 Å². The van der Waals surface area contributed by atoms with Gasteiger partial charge in [0, 0.05) is 24.3 Å². The molecule has 1 heterocycles. The predicted octanol–water partition coefficient (Wildman–Crippen LogP) is 5.98. The lowest BCUT2D eigenvalue weighted by molar-refractivity contribution is -0.870. The zero-order valence-electron chi connectivity index (χ0n) is 25.4. The van der Waals surface area contributed by atoms with Crippen LogP contribution in [0.25, 0.3) is 0 Å². The maximum absolute atomic E-state index is 12.0. The summed E-state index contributed by atoms with van der Waals surface area (Å²) in [5, 5.41) is 13.0. The van der Waals surface area contributed by atoms with Crippen LogP contribution in [0.3, 0.4) is 0 Å². The molecule has 1 unspecified atom stereocenters. The monoisotopic (exact) mass is 554 g/mol. The van der Waals surface area contributed by atoms with Gasteiger partial charge in [0.05, 0.1) is 34.4 Å². The molecule has 1 radical (unpaired) electrons. The van der Waals surface area contributed by atoms with Gasteiger partial charge in [0.25, 0.3) is 0 Å². The first kappa shape index (κ1) is 36.9. The zero-order valence-corrected chi connectivity index (χ0v) is 26.3. The largest absolute Gasteiger partial charge is 0.472 e. The van der Waals surface area contributed by atoms with Crippen LogP contribution < -0.4 is 0 Å². The van der Waals surface area contributed by atoms with E-state index in [0.717, 1.165) is 51.4 Å². The van der Waals surface area contributed by atoms with E-state index in [0.29, 0.717) is 30.8 Å². The lowest BCUT2D eigenvalue weighted by Crippen LogP contribution is -2.55. The summed E-state index contributed by atoms with van der Waals surface area (Å²) in [7, 11) is 1.89. The van der Waals surface area contributed by atoms with Gasteiger partial charge in [0.1, 0.15) is 19.3 Å². The first-order chi connectivity index (χ1) is 17.1. The molecule has 0 saturated carbocycles. The molecule has 10 heteroatoms. The molecule has 2 atom stereocenters. The Bertz CT molecular complexity index is 610. The fourth-order valence-electron chi connectivity index (χ4n) is 4.04. The minimum atomic E-state index is -4.07. The van der Waals surface area contributed by atoms with Crippen molar-refractivity contribution in [2.75, 3.05) is 60.7 Å². The summed E-state index contributed by atoms with van der Waals surface area (Å²) in [4.78, 5) is 9.82. The van der Waals surface area contributed by atoms with E-state index in [-0.39, 0.29) is 30.4 Å². The highest BCUT2D eigenvalue weighted by Gasteiger charge is 2.41. The first-order valence-electron chi connectivity index (χ1n) is 14.2. The molecule has 223 valence electrons. The van der Waals surface area contributed by atoms with Gasteiger partial charge < -0.3 is 18.9 Å². The number of unbranched alkanes of at least 4 members (excludes halogenated alkanes) is 4. The van der Waals surface area contributed by atoms with E-state index in [4.69, 9.17) is 18.5 Å². The van der Waals surface area contributed by atoms with Crippen LogP contribution in [-0.2, 0) is 28.3 Å². The van der Waals surface area contributed by atoms with Crippen molar-refractivity contribution < 1.29 is 37.7 Å². The van der Waals surface area contributed by atoms with Crippen molar-refractivity contribution in [1.82, 2.24) is 5.06 Å². The third-order valence-electron chi connectivity index (χ3n) is 6.41. The van der Waals surface area contributed by atoms with Gasteiger partial charge in [-0.1, -0.05) is 39.5 Å². The van der Waals surface area contributed by atoms with E-state index in [1.165, 1.54) is 11.5 Å². The van der Waals surface area contributed by atoms with Crippen molar-refractivity contribution in [1.29, 1.82) is 0 Å². The van der Waals surface area contributed by atoms with E-state index >= 15 is 0 Å². The van der Waals surface area contributed by atoms with Crippen molar-refractivity contribution in [3.8, 4) is 0 Å². The Balaban J connectivity index is 0.000000970. The van der Waals surface area contributed by atoms with Crippen LogP contribution in [0, 0.1) is 0 Å². The van der Waals surface area contributed by atoms with Crippen LogP contribution in [-0.4, -0.2) is 92.3 Å². The predicted molar refractivity (Wildman–Crippen MR) is 149 cm³/mol. The van der Waals surface area contributed by atoms with Crippen LogP contribution in [0.5, 0.6) is 0 Å². The molecule has 0 aliphatic carbocycles. The number of hydrogen-bond donors (Lipinski definition) is 1. The molecule has 0 aromatic heterocycles. The highest BCUT2D eigenvalue weighted by Crippen LogP contribution is 2.43. The van der Waals surface area contributed by atoms with Crippen molar-refractivity contribution in [2.45, 2.75) is 117 Å². The summed E-state index contributed by atoms with van der Waals surface area (Å²) in [5.74, 6) is 0. The normalized spacial score (nSPS) is 20.1. The number of nitrogens with zero attached hydrogens (tertiary/aromatic N) is 2. The highest BCUT2D eigenvalue weighted by molar-refractivity contribution is 7.47. The van der Waals surface area contributed by atoms with E-state index in [9.17, 15) is 14.7 Å². The number of ether oxygens (including phenoxy) is 2. The summed E-state index contributed by atoms with van der Waals surface area (Å²) in [6.07, 6.45) is 9.31. The summed E-state index contributed by atoms with van der Waals surface area (Å²) in [6, 6.07) is 0. The molecule has 37 heavy (non-hydrogen) atoms. The zero-order chi connectivity index (χ0) is 28.6.